The second-order valence-corrected chi connectivity index (χ2v) is 7.29. The Balaban J connectivity index is 1.64. The fourth-order valence-electron chi connectivity index (χ4n) is 2.98. The number of Topliss-reactive ketones (excluding diaryl/α,β-unsaturated/α-hetero) is 1. The summed E-state index contributed by atoms with van der Waals surface area (Å²) in [5.41, 5.74) is 1.90. The highest BCUT2D eigenvalue weighted by Crippen LogP contribution is 2.33. The van der Waals surface area contributed by atoms with E-state index in [1.54, 1.807) is 12.1 Å². The minimum absolute atomic E-state index is 0.105. The molecule has 1 N–H and O–H groups in total. The number of carbonyl (C=O) groups excluding carboxylic acids is 2. The lowest BCUT2D eigenvalue weighted by Gasteiger charge is -2.02. The molecule has 29 heavy (non-hydrogen) atoms. The number of ether oxygens (including phenoxy) is 1. The van der Waals surface area contributed by atoms with Crippen molar-refractivity contribution in [1.82, 2.24) is 4.98 Å². The molecule has 0 aliphatic heterocycles. The van der Waals surface area contributed by atoms with Gasteiger partial charge in [-0.1, -0.05) is 53.8 Å². The molecule has 0 aliphatic rings. The Morgan fingerprint density at radius 1 is 1.14 bits per heavy atom. The number of hydrogen-bond donors (Lipinski definition) is 1. The van der Waals surface area contributed by atoms with Crippen LogP contribution in [-0.2, 0) is 0 Å². The quantitative estimate of drug-likeness (QED) is 0.433. The molecule has 7 heteroatoms. The normalized spacial score (nSPS) is 10.8. The van der Waals surface area contributed by atoms with Gasteiger partial charge in [0.2, 0.25) is 0 Å². The van der Waals surface area contributed by atoms with E-state index in [2.05, 4.69) is 10.3 Å². The van der Waals surface area contributed by atoms with E-state index in [1.807, 2.05) is 49.4 Å². The maximum atomic E-state index is 12.7. The number of carbonyl (C=O) groups is 2. The zero-order chi connectivity index (χ0) is 20.4. The van der Waals surface area contributed by atoms with E-state index in [0.717, 1.165) is 22.3 Å². The van der Waals surface area contributed by atoms with Gasteiger partial charge in [-0.2, -0.15) is 0 Å². The molecular formula is C22H18N2O4S. The summed E-state index contributed by atoms with van der Waals surface area (Å²) in [6, 6.07) is 16.5. The van der Waals surface area contributed by atoms with Crippen LogP contribution >= 0.6 is 11.3 Å². The number of fused-ring (bicyclic) bond motifs is 1. The lowest BCUT2D eigenvalue weighted by Crippen LogP contribution is -2.10. The third-order valence-electron chi connectivity index (χ3n) is 4.25. The first-order valence-corrected chi connectivity index (χ1v) is 9.92. The molecule has 0 bridgehead atoms. The Hall–Kier alpha value is -3.45. The van der Waals surface area contributed by atoms with Crippen LogP contribution in [0.25, 0.3) is 22.2 Å². The van der Waals surface area contributed by atoms with E-state index in [1.165, 1.54) is 6.92 Å². The number of ketones is 1. The van der Waals surface area contributed by atoms with Crippen LogP contribution in [-0.4, -0.2) is 23.3 Å². The topological polar surface area (TPSA) is 81.4 Å². The van der Waals surface area contributed by atoms with Gasteiger partial charge < -0.3 is 9.15 Å². The molecule has 1 amide bonds. The lowest BCUT2D eigenvalue weighted by molar-refractivity contribution is 0.0995. The zero-order valence-electron chi connectivity index (χ0n) is 15.9. The molecule has 0 saturated heterocycles. The molecule has 2 aromatic heterocycles. The Kier molecular flexibility index (Phi) is 5.14. The highest BCUT2D eigenvalue weighted by Gasteiger charge is 2.20. The van der Waals surface area contributed by atoms with Crippen LogP contribution in [0.15, 0.2) is 59.0 Å². The van der Waals surface area contributed by atoms with E-state index in [-0.39, 0.29) is 11.5 Å². The van der Waals surface area contributed by atoms with Gasteiger partial charge in [0.15, 0.2) is 28.0 Å². The van der Waals surface area contributed by atoms with Gasteiger partial charge in [0.05, 0.1) is 17.2 Å². The van der Waals surface area contributed by atoms with Crippen LogP contribution in [0.4, 0.5) is 5.13 Å². The number of benzene rings is 2. The number of anilines is 1. The number of furan rings is 1. The highest BCUT2D eigenvalue weighted by atomic mass is 32.1. The number of hydrogen-bond acceptors (Lipinski definition) is 6. The number of thiazole rings is 1. The molecule has 0 saturated carbocycles. The van der Waals surface area contributed by atoms with Crippen molar-refractivity contribution in [3.8, 4) is 17.0 Å². The van der Waals surface area contributed by atoms with Gasteiger partial charge in [0.1, 0.15) is 0 Å². The predicted octanol–water partition coefficient (Wildman–Crippen LogP) is 5.41. The van der Waals surface area contributed by atoms with Gasteiger partial charge in [-0.05, 0) is 19.1 Å². The first-order valence-electron chi connectivity index (χ1n) is 9.10. The maximum absolute atomic E-state index is 12.7. The average molecular weight is 406 g/mol. The number of nitrogens with one attached hydrogen (secondary N) is 1. The summed E-state index contributed by atoms with van der Waals surface area (Å²) >= 11 is 1.14. The van der Waals surface area contributed by atoms with Crippen LogP contribution in [0, 0.1) is 0 Å². The molecule has 2 heterocycles. The highest BCUT2D eigenvalue weighted by molar-refractivity contribution is 7.18. The van der Waals surface area contributed by atoms with Crippen molar-refractivity contribution in [3.05, 3.63) is 65.2 Å². The fraction of sp³-hybridized carbons (Fsp3) is 0.136. The first-order chi connectivity index (χ1) is 14.1. The largest absolute Gasteiger partial charge is 0.490 e. The molecule has 0 fully saturated rings. The molecule has 4 aromatic rings. The summed E-state index contributed by atoms with van der Waals surface area (Å²) < 4.78 is 11.3. The maximum Gasteiger partial charge on any atom is 0.293 e. The molecule has 2 aromatic carbocycles. The summed E-state index contributed by atoms with van der Waals surface area (Å²) in [6.45, 7) is 3.87. The lowest BCUT2D eigenvalue weighted by atomic mass is 10.1. The van der Waals surface area contributed by atoms with Crippen molar-refractivity contribution >= 4 is 39.1 Å². The van der Waals surface area contributed by atoms with Crippen LogP contribution in [0.1, 0.15) is 34.1 Å². The molecule has 0 spiro atoms. The molecule has 0 radical (unpaired) electrons. The monoisotopic (exact) mass is 406 g/mol. The van der Waals surface area contributed by atoms with Gasteiger partial charge in [-0.25, -0.2) is 4.98 Å². The van der Waals surface area contributed by atoms with E-state index in [9.17, 15) is 9.59 Å². The summed E-state index contributed by atoms with van der Waals surface area (Å²) in [4.78, 5) is 29.7. The molecule has 0 aliphatic carbocycles. The molecule has 4 rings (SSSR count). The fourth-order valence-corrected chi connectivity index (χ4v) is 3.86. The summed E-state index contributed by atoms with van der Waals surface area (Å²) in [7, 11) is 0. The number of para-hydroxylation sites is 1. The minimum atomic E-state index is -0.438. The Bertz CT molecular complexity index is 1190. The van der Waals surface area contributed by atoms with E-state index >= 15 is 0 Å². The average Bonchev–Trinajstić information content (AvgIpc) is 3.34. The number of rotatable bonds is 6. The van der Waals surface area contributed by atoms with Crippen LogP contribution in [0.5, 0.6) is 5.75 Å². The molecule has 0 atom stereocenters. The van der Waals surface area contributed by atoms with Gasteiger partial charge in [0, 0.05) is 17.9 Å². The Morgan fingerprint density at radius 3 is 2.66 bits per heavy atom. The Labute approximate surface area is 171 Å². The molecular weight excluding hydrogens is 388 g/mol. The standard InChI is InChI=1S/C22H18N2O4S/c1-3-27-16-11-7-10-15-12-17(28-19(15)16)21(26)24-22-23-18(20(29-22)13(2)25)14-8-5-4-6-9-14/h4-12H,3H2,1-2H3,(H,23,24,26). The summed E-state index contributed by atoms with van der Waals surface area (Å²) in [5.74, 6) is 0.190. The van der Waals surface area contributed by atoms with Crippen molar-refractivity contribution in [2.45, 2.75) is 13.8 Å². The smallest absolute Gasteiger partial charge is 0.293 e. The third-order valence-corrected chi connectivity index (χ3v) is 5.32. The van der Waals surface area contributed by atoms with Crippen molar-refractivity contribution in [2.75, 3.05) is 11.9 Å². The van der Waals surface area contributed by atoms with Gasteiger partial charge in [0.25, 0.3) is 5.91 Å². The van der Waals surface area contributed by atoms with E-state index in [0.29, 0.717) is 33.6 Å². The second-order valence-electron chi connectivity index (χ2n) is 6.29. The van der Waals surface area contributed by atoms with Gasteiger partial charge >= 0.3 is 0 Å². The van der Waals surface area contributed by atoms with Crippen LogP contribution in [0.3, 0.4) is 0 Å². The van der Waals surface area contributed by atoms with Crippen LogP contribution < -0.4 is 10.1 Å². The van der Waals surface area contributed by atoms with Crippen LogP contribution in [0.2, 0.25) is 0 Å². The van der Waals surface area contributed by atoms with Crippen molar-refractivity contribution in [1.29, 1.82) is 0 Å². The summed E-state index contributed by atoms with van der Waals surface area (Å²) in [5, 5.41) is 3.85. The Morgan fingerprint density at radius 2 is 1.93 bits per heavy atom. The number of nitrogens with zero attached hydrogens (tertiary/aromatic N) is 1. The molecule has 6 nitrogen and oxygen atoms in total. The molecule has 0 unspecified atom stereocenters. The predicted molar refractivity (Wildman–Crippen MR) is 113 cm³/mol. The first kappa shape index (κ1) is 18.9. The van der Waals surface area contributed by atoms with E-state index in [4.69, 9.17) is 9.15 Å². The summed E-state index contributed by atoms with van der Waals surface area (Å²) in [6.07, 6.45) is 0. The van der Waals surface area contributed by atoms with Crippen molar-refractivity contribution < 1.29 is 18.7 Å². The molecule has 146 valence electrons. The van der Waals surface area contributed by atoms with Gasteiger partial charge in [-0.15, -0.1) is 0 Å². The third kappa shape index (κ3) is 3.77. The van der Waals surface area contributed by atoms with Crippen molar-refractivity contribution in [3.63, 3.8) is 0 Å². The zero-order valence-corrected chi connectivity index (χ0v) is 16.7. The van der Waals surface area contributed by atoms with E-state index < -0.39 is 5.91 Å². The SMILES string of the molecule is CCOc1cccc2cc(C(=O)Nc3nc(-c4ccccc4)c(C(C)=O)s3)oc12. The van der Waals surface area contributed by atoms with Crippen molar-refractivity contribution in [2.24, 2.45) is 0 Å². The number of aromatic nitrogens is 1. The van der Waals surface area contributed by atoms with Gasteiger partial charge in [-0.3, -0.25) is 14.9 Å². The number of amides is 1. The second kappa shape index (κ2) is 7.89. The minimum Gasteiger partial charge on any atom is -0.490 e.